The van der Waals surface area contributed by atoms with Crippen LogP contribution in [0.5, 0.6) is 0 Å². The maximum atomic E-state index is 10.3. The maximum Gasteiger partial charge on any atom is 0.0869 e. The fourth-order valence-electron chi connectivity index (χ4n) is 4.06. The molecule has 6 heteroatoms. The van der Waals surface area contributed by atoms with Gasteiger partial charge in [-0.05, 0) is 24.7 Å². The summed E-state index contributed by atoms with van der Waals surface area (Å²) in [6, 6.07) is 14.5. The minimum absolute atomic E-state index is 0.0877. The van der Waals surface area contributed by atoms with E-state index in [0.717, 1.165) is 43.2 Å². The topological polar surface area (TPSA) is 45.2 Å². The van der Waals surface area contributed by atoms with Gasteiger partial charge in [-0.2, -0.15) is 0 Å². The number of fused-ring (bicyclic) bond motifs is 1. The van der Waals surface area contributed by atoms with Crippen LogP contribution in [-0.2, 0) is 0 Å². The van der Waals surface area contributed by atoms with Crippen LogP contribution in [0.25, 0.3) is 6.08 Å². The molecular weight excluding hydrogens is 350 g/mol. The van der Waals surface area contributed by atoms with Crippen LogP contribution in [0.4, 0.5) is 17.1 Å². The van der Waals surface area contributed by atoms with Crippen LogP contribution >= 0.6 is 0 Å². The van der Waals surface area contributed by atoms with Crippen molar-refractivity contribution in [1.29, 1.82) is 0 Å². The molecule has 0 aliphatic carbocycles. The van der Waals surface area contributed by atoms with E-state index in [1.165, 1.54) is 16.2 Å². The number of rotatable bonds is 4. The lowest BCUT2D eigenvalue weighted by atomic mass is 9.99. The Labute approximate surface area is 167 Å². The number of anilines is 3. The molecule has 0 spiro atoms. The molecule has 1 fully saturated rings. The lowest BCUT2D eigenvalue weighted by Crippen LogP contribution is -2.45. The Morgan fingerprint density at radius 2 is 1.75 bits per heavy atom. The monoisotopic (exact) mass is 379 g/mol. The molecule has 1 saturated heterocycles. The number of piperazine rings is 1. The predicted octanol–water partition coefficient (Wildman–Crippen LogP) is 3.29. The van der Waals surface area contributed by atoms with Gasteiger partial charge >= 0.3 is 0 Å². The summed E-state index contributed by atoms with van der Waals surface area (Å²) in [7, 11) is 5.92. The van der Waals surface area contributed by atoms with Gasteiger partial charge in [-0.3, -0.25) is 10.3 Å². The maximum absolute atomic E-state index is 10.3. The van der Waals surface area contributed by atoms with Gasteiger partial charge in [0.1, 0.15) is 0 Å². The van der Waals surface area contributed by atoms with Crippen LogP contribution < -0.4 is 15.4 Å². The molecule has 0 saturated carbocycles. The zero-order valence-electron chi connectivity index (χ0n) is 16.8. The van der Waals surface area contributed by atoms with Crippen LogP contribution in [-0.4, -0.2) is 62.4 Å². The fraction of sp³-hybridized carbons (Fsp3) is 0.364. The standard InChI is InChI=1S/C22H29N5O/c1-24-13-15-27(16-14-24)22-20(26(3)28)12-10-18-21(22)19(25(2)23-18)11-9-17-7-5-4-6-8-17/h4-12,19,23,28H,13-16H2,1-3H3/b11-9+. The summed E-state index contributed by atoms with van der Waals surface area (Å²) in [6.07, 6.45) is 4.40. The first kappa shape index (κ1) is 18.8. The number of hydrogen-bond acceptors (Lipinski definition) is 6. The minimum atomic E-state index is 0.0877. The molecule has 2 aromatic rings. The first-order chi connectivity index (χ1) is 13.5. The number of hydrogen-bond donors (Lipinski definition) is 2. The van der Waals surface area contributed by atoms with Gasteiger partial charge in [-0.15, -0.1) is 0 Å². The Bertz CT molecular complexity index is 844. The predicted molar refractivity (Wildman–Crippen MR) is 116 cm³/mol. The molecule has 0 radical (unpaired) electrons. The summed E-state index contributed by atoms with van der Waals surface area (Å²) in [6.45, 7) is 3.94. The van der Waals surface area contributed by atoms with E-state index < -0.39 is 0 Å². The summed E-state index contributed by atoms with van der Waals surface area (Å²) < 4.78 is 0. The molecule has 4 rings (SSSR count). The van der Waals surface area contributed by atoms with Crippen molar-refractivity contribution in [3.8, 4) is 0 Å². The fourth-order valence-corrected chi connectivity index (χ4v) is 4.06. The molecule has 1 unspecified atom stereocenters. The summed E-state index contributed by atoms with van der Waals surface area (Å²) in [5, 5.41) is 13.7. The average Bonchev–Trinajstić information content (AvgIpc) is 3.02. The molecule has 2 N–H and O–H groups in total. The number of nitrogens with one attached hydrogen (secondary N) is 1. The van der Waals surface area contributed by atoms with Crippen LogP contribution in [0.2, 0.25) is 0 Å². The van der Waals surface area contributed by atoms with Gasteiger partial charge in [0.2, 0.25) is 0 Å². The van der Waals surface area contributed by atoms with E-state index in [1.54, 1.807) is 7.05 Å². The second-order valence-electron chi connectivity index (χ2n) is 7.65. The molecule has 0 aromatic heterocycles. The van der Waals surface area contributed by atoms with E-state index in [2.05, 4.69) is 76.8 Å². The molecule has 2 aliphatic heterocycles. The molecule has 2 aliphatic rings. The summed E-state index contributed by atoms with van der Waals surface area (Å²) >= 11 is 0. The summed E-state index contributed by atoms with van der Waals surface area (Å²) in [5.41, 5.74) is 8.95. The Morgan fingerprint density at radius 1 is 1.04 bits per heavy atom. The number of hydrazine groups is 1. The Morgan fingerprint density at radius 3 is 2.43 bits per heavy atom. The molecule has 148 valence electrons. The summed E-state index contributed by atoms with van der Waals surface area (Å²) in [5.74, 6) is 0. The van der Waals surface area contributed by atoms with E-state index in [0.29, 0.717) is 0 Å². The molecule has 28 heavy (non-hydrogen) atoms. The van der Waals surface area contributed by atoms with E-state index in [1.807, 2.05) is 12.1 Å². The average molecular weight is 380 g/mol. The van der Waals surface area contributed by atoms with Crippen LogP contribution in [0, 0.1) is 0 Å². The number of nitrogens with zero attached hydrogens (tertiary/aromatic N) is 4. The van der Waals surface area contributed by atoms with Gasteiger partial charge in [0, 0.05) is 45.8 Å². The van der Waals surface area contributed by atoms with Crippen LogP contribution in [0.15, 0.2) is 48.5 Å². The third-order valence-corrected chi connectivity index (χ3v) is 5.64. The van der Waals surface area contributed by atoms with Crippen molar-refractivity contribution in [2.24, 2.45) is 0 Å². The molecule has 2 aromatic carbocycles. The third-order valence-electron chi connectivity index (χ3n) is 5.64. The smallest absolute Gasteiger partial charge is 0.0869 e. The SMILES string of the molecule is CN1CCN(c2c(N(C)O)ccc3c2C(/C=C/c2ccccc2)N(C)N3)CC1. The van der Waals surface area contributed by atoms with E-state index in [4.69, 9.17) is 0 Å². The van der Waals surface area contributed by atoms with Gasteiger partial charge in [0.25, 0.3) is 0 Å². The van der Waals surface area contributed by atoms with E-state index >= 15 is 0 Å². The lowest BCUT2D eigenvalue weighted by Gasteiger charge is -2.37. The highest BCUT2D eigenvalue weighted by molar-refractivity contribution is 5.83. The van der Waals surface area contributed by atoms with Crippen molar-refractivity contribution in [3.63, 3.8) is 0 Å². The Balaban J connectivity index is 1.76. The quantitative estimate of drug-likeness (QED) is 0.795. The number of likely N-dealkylation sites (N-methyl/N-ethyl adjacent to an activating group) is 2. The second-order valence-corrected chi connectivity index (χ2v) is 7.65. The van der Waals surface area contributed by atoms with Crippen LogP contribution in [0.3, 0.4) is 0 Å². The van der Waals surface area contributed by atoms with Gasteiger partial charge in [-0.1, -0.05) is 42.5 Å². The van der Waals surface area contributed by atoms with Crippen molar-refractivity contribution < 1.29 is 5.21 Å². The molecule has 0 bridgehead atoms. The molecule has 2 heterocycles. The zero-order chi connectivity index (χ0) is 19.7. The highest BCUT2D eigenvalue weighted by Crippen LogP contribution is 2.46. The van der Waals surface area contributed by atoms with Gasteiger partial charge in [0.15, 0.2) is 0 Å². The number of benzene rings is 2. The highest BCUT2D eigenvalue weighted by Gasteiger charge is 2.33. The largest absolute Gasteiger partial charge is 0.367 e. The highest BCUT2D eigenvalue weighted by atomic mass is 16.5. The summed E-state index contributed by atoms with van der Waals surface area (Å²) in [4.78, 5) is 4.75. The third kappa shape index (κ3) is 3.58. The second kappa shape index (κ2) is 7.83. The first-order valence-electron chi connectivity index (χ1n) is 9.80. The van der Waals surface area contributed by atoms with E-state index in [-0.39, 0.29) is 6.04 Å². The van der Waals surface area contributed by atoms with Gasteiger partial charge < -0.3 is 15.2 Å². The number of hydroxylamine groups is 1. The van der Waals surface area contributed by atoms with Gasteiger partial charge in [-0.25, -0.2) is 5.01 Å². The first-order valence-corrected chi connectivity index (χ1v) is 9.80. The van der Waals surface area contributed by atoms with Crippen molar-refractivity contribution in [3.05, 3.63) is 59.7 Å². The van der Waals surface area contributed by atoms with Crippen molar-refractivity contribution in [1.82, 2.24) is 9.91 Å². The molecule has 0 amide bonds. The van der Waals surface area contributed by atoms with Crippen LogP contribution in [0.1, 0.15) is 17.2 Å². The lowest BCUT2D eigenvalue weighted by molar-refractivity contribution is 0.278. The normalized spacial score (nSPS) is 20.4. The van der Waals surface area contributed by atoms with Gasteiger partial charge in [0.05, 0.1) is 23.1 Å². The Hall–Kier alpha value is -2.54. The minimum Gasteiger partial charge on any atom is -0.367 e. The molecule has 6 nitrogen and oxygen atoms in total. The Kier molecular flexibility index (Phi) is 5.26. The van der Waals surface area contributed by atoms with Crippen molar-refractivity contribution in [2.45, 2.75) is 6.04 Å². The van der Waals surface area contributed by atoms with E-state index in [9.17, 15) is 5.21 Å². The zero-order valence-corrected chi connectivity index (χ0v) is 16.8. The molecule has 1 atom stereocenters. The van der Waals surface area contributed by atoms with Crippen molar-refractivity contribution in [2.75, 3.05) is 62.7 Å². The molecular formula is C22H29N5O. The van der Waals surface area contributed by atoms with Crippen molar-refractivity contribution >= 4 is 23.1 Å².